The smallest absolute Gasteiger partial charge is 0.262 e. The van der Waals surface area contributed by atoms with Crippen LogP contribution in [0.15, 0.2) is 89.6 Å². The first-order valence-electron chi connectivity index (χ1n) is 9.19. The molecule has 0 bridgehead atoms. The summed E-state index contributed by atoms with van der Waals surface area (Å²) in [6.45, 7) is 0. The van der Waals surface area contributed by atoms with E-state index in [0.29, 0.717) is 5.56 Å². The highest BCUT2D eigenvalue weighted by Crippen LogP contribution is 2.34. The van der Waals surface area contributed by atoms with Gasteiger partial charge >= 0.3 is 0 Å². The van der Waals surface area contributed by atoms with E-state index in [4.69, 9.17) is 4.52 Å². The lowest BCUT2D eigenvalue weighted by Gasteiger charge is -2.08. The third kappa shape index (κ3) is 3.16. The summed E-state index contributed by atoms with van der Waals surface area (Å²) in [4.78, 5) is 4.31. The molecule has 0 fully saturated rings. The number of hydrogen-bond acceptors (Lipinski definition) is 4. The zero-order valence-electron chi connectivity index (χ0n) is 15.5. The number of benzene rings is 3. The van der Waals surface area contributed by atoms with Gasteiger partial charge in [0, 0.05) is 5.56 Å². The van der Waals surface area contributed by atoms with Gasteiger partial charge in [0.15, 0.2) is 0 Å². The minimum absolute atomic E-state index is 0.0338. The number of nitrogens with zero attached hydrogens (tertiary/aromatic N) is 4. The van der Waals surface area contributed by atoms with E-state index in [1.807, 2.05) is 60.7 Å². The Morgan fingerprint density at radius 3 is 2.30 bits per heavy atom. The van der Waals surface area contributed by atoms with E-state index in [1.54, 1.807) is 10.9 Å². The van der Waals surface area contributed by atoms with Crippen LogP contribution in [0.5, 0.6) is 0 Å². The minimum Gasteiger partial charge on any atom is -0.333 e. The number of para-hydroxylation sites is 1. The molecule has 2 heterocycles. The average molecular weight is 400 g/mol. The first-order chi connectivity index (χ1) is 14.7. The van der Waals surface area contributed by atoms with Gasteiger partial charge in [-0.2, -0.15) is 10.1 Å². The number of hydrogen-bond donors (Lipinski definition) is 0. The van der Waals surface area contributed by atoms with Crippen LogP contribution in [0.25, 0.3) is 39.8 Å². The number of rotatable bonds is 4. The molecule has 0 N–H and O–H groups in total. The Kier molecular flexibility index (Phi) is 4.40. The van der Waals surface area contributed by atoms with Crippen molar-refractivity contribution in [2.75, 3.05) is 0 Å². The van der Waals surface area contributed by atoms with Crippen molar-refractivity contribution >= 4 is 0 Å². The highest BCUT2D eigenvalue weighted by atomic mass is 19.1. The normalized spacial score (nSPS) is 11.0. The second-order valence-electron chi connectivity index (χ2n) is 6.57. The molecular weight excluding hydrogens is 386 g/mol. The zero-order chi connectivity index (χ0) is 20.5. The van der Waals surface area contributed by atoms with Crippen LogP contribution >= 0.6 is 0 Å². The van der Waals surface area contributed by atoms with Crippen LogP contribution < -0.4 is 0 Å². The Bertz CT molecular complexity index is 1310. The Hall–Kier alpha value is -4.13. The summed E-state index contributed by atoms with van der Waals surface area (Å²) < 4.78 is 34.9. The predicted octanol–water partition coefficient (Wildman–Crippen LogP) is 5.53. The van der Waals surface area contributed by atoms with Crippen molar-refractivity contribution in [3.63, 3.8) is 0 Å². The van der Waals surface area contributed by atoms with Gasteiger partial charge in [-0.3, -0.25) is 0 Å². The van der Waals surface area contributed by atoms with Gasteiger partial charge in [-0.05, 0) is 30.3 Å². The summed E-state index contributed by atoms with van der Waals surface area (Å²) in [6, 6.07) is 22.4. The fourth-order valence-electron chi connectivity index (χ4n) is 3.25. The van der Waals surface area contributed by atoms with Crippen molar-refractivity contribution in [1.82, 2.24) is 19.9 Å². The number of halogens is 2. The molecule has 0 aliphatic rings. The molecule has 5 nitrogen and oxygen atoms in total. The summed E-state index contributed by atoms with van der Waals surface area (Å²) in [7, 11) is 0. The van der Waals surface area contributed by atoms with Crippen LogP contribution in [0.2, 0.25) is 0 Å². The fraction of sp³-hybridized carbons (Fsp3) is 0. The largest absolute Gasteiger partial charge is 0.333 e. The number of aromatic nitrogens is 4. The van der Waals surface area contributed by atoms with E-state index in [0.717, 1.165) is 35.1 Å². The fourth-order valence-corrected chi connectivity index (χ4v) is 3.25. The van der Waals surface area contributed by atoms with Gasteiger partial charge in [0.05, 0.1) is 28.7 Å². The molecule has 0 radical (unpaired) electrons. The molecule has 0 spiro atoms. The molecule has 30 heavy (non-hydrogen) atoms. The Morgan fingerprint density at radius 1 is 0.800 bits per heavy atom. The molecule has 0 atom stereocenters. The highest BCUT2D eigenvalue weighted by Gasteiger charge is 2.22. The quantitative estimate of drug-likeness (QED) is 0.398. The predicted molar refractivity (Wildman–Crippen MR) is 108 cm³/mol. The van der Waals surface area contributed by atoms with E-state index < -0.39 is 11.6 Å². The van der Waals surface area contributed by atoms with Crippen LogP contribution in [0.1, 0.15) is 0 Å². The van der Waals surface area contributed by atoms with Gasteiger partial charge in [-0.1, -0.05) is 53.7 Å². The van der Waals surface area contributed by atoms with Crippen molar-refractivity contribution in [1.29, 1.82) is 0 Å². The van der Waals surface area contributed by atoms with Gasteiger partial charge in [-0.15, -0.1) is 0 Å². The molecule has 5 rings (SSSR count). The molecule has 3 aromatic carbocycles. The van der Waals surface area contributed by atoms with Gasteiger partial charge < -0.3 is 4.52 Å². The summed E-state index contributed by atoms with van der Waals surface area (Å²) in [6.07, 6.45) is 1.62. The topological polar surface area (TPSA) is 56.7 Å². The zero-order valence-corrected chi connectivity index (χ0v) is 15.5. The maximum absolute atomic E-state index is 14.1. The molecule has 0 unspecified atom stereocenters. The Morgan fingerprint density at radius 2 is 1.53 bits per heavy atom. The van der Waals surface area contributed by atoms with Gasteiger partial charge in [0.1, 0.15) is 11.6 Å². The first kappa shape index (κ1) is 17.9. The molecule has 0 saturated heterocycles. The Labute approximate surface area is 170 Å². The molecule has 0 aliphatic heterocycles. The van der Waals surface area contributed by atoms with E-state index in [1.165, 1.54) is 0 Å². The third-order valence-corrected chi connectivity index (χ3v) is 4.64. The van der Waals surface area contributed by atoms with Gasteiger partial charge in [-0.25, -0.2) is 13.5 Å². The molecule has 146 valence electrons. The van der Waals surface area contributed by atoms with Crippen molar-refractivity contribution in [2.45, 2.75) is 0 Å². The van der Waals surface area contributed by atoms with Crippen molar-refractivity contribution in [3.05, 3.63) is 96.7 Å². The van der Waals surface area contributed by atoms with Crippen LogP contribution in [0.3, 0.4) is 0 Å². The monoisotopic (exact) mass is 400 g/mol. The molecular formula is C23H14F2N4O. The maximum atomic E-state index is 14.1. The van der Waals surface area contributed by atoms with Crippen molar-refractivity contribution in [2.24, 2.45) is 0 Å². The SMILES string of the molecule is Fc1ccc(F)c(-c2noc(-c3cnn(-c4ccccc4)c3-c3ccccc3)n2)c1. The summed E-state index contributed by atoms with van der Waals surface area (Å²) >= 11 is 0. The molecule has 2 aromatic heterocycles. The van der Waals surface area contributed by atoms with E-state index in [2.05, 4.69) is 15.2 Å². The second-order valence-corrected chi connectivity index (χ2v) is 6.57. The van der Waals surface area contributed by atoms with Gasteiger partial charge in [0.2, 0.25) is 5.82 Å². The summed E-state index contributed by atoms with van der Waals surface area (Å²) in [5.41, 5.74) is 3.02. The lowest BCUT2D eigenvalue weighted by Crippen LogP contribution is -1.99. The molecule has 0 saturated carbocycles. The van der Waals surface area contributed by atoms with Crippen molar-refractivity contribution in [3.8, 4) is 39.8 Å². The Balaban J connectivity index is 1.67. The van der Waals surface area contributed by atoms with E-state index in [9.17, 15) is 8.78 Å². The maximum Gasteiger partial charge on any atom is 0.262 e. The molecule has 5 aromatic rings. The lowest BCUT2D eigenvalue weighted by molar-refractivity contribution is 0.432. The van der Waals surface area contributed by atoms with Crippen LogP contribution in [0, 0.1) is 11.6 Å². The summed E-state index contributed by atoms with van der Waals surface area (Å²) in [5.74, 6) is -1.09. The second kappa shape index (κ2) is 7.36. The standard InChI is InChI=1S/C23H14F2N4O/c24-16-11-12-20(25)18(13-16)22-27-23(30-28-22)19-14-26-29(17-9-5-2-6-10-17)21(19)15-7-3-1-4-8-15/h1-14H. The molecule has 0 aliphatic carbocycles. The van der Waals surface area contributed by atoms with Gasteiger partial charge in [0.25, 0.3) is 5.89 Å². The first-order valence-corrected chi connectivity index (χ1v) is 9.19. The van der Waals surface area contributed by atoms with Crippen LogP contribution in [-0.2, 0) is 0 Å². The summed E-state index contributed by atoms with van der Waals surface area (Å²) in [5, 5.41) is 8.36. The average Bonchev–Trinajstić information content (AvgIpc) is 3.44. The highest BCUT2D eigenvalue weighted by molar-refractivity contribution is 5.78. The molecule has 0 amide bonds. The van der Waals surface area contributed by atoms with E-state index in [-0.39, 0.29) is 17.3 Å². The van der Waals surface area contributed by atoms with Crippen LogP contribution in [0.4, 0.5) is 8.78 Å². The van der Waals surface area contributed by atoms with Crippen LogP contribution in [-0.4, -0.2) is 19.9 Å². The third-order valence-electron chi connectivity index (χ3n) is 4.64. The minimum atomic E-state index is -0.632. The molecule has 7 heteroatoms. The van der Waals surface area contributed by atoms with E-state index >= 15 is 0 Å². The lowest BCUT2D eigenvalue weighted by atomic mass is 10.1. The van der Waals surface area contributed by atoms with Crippen molar-refractivity contribution < 1.29 is 13.3 Å².